The minimum Gasteiger partial charge on any atom is -0.434 e. The standard InChI is InChI=1S/C14H11F3N4O4/c1-3-24-14(23)25-10-5-9(8(15)4-7(10)6-18)21-13(22)20(2)12(19-21)11(16)17/h4-5,11H,3H2,1-2H3. The SMILES string of the molecule is CCOC(=O)Oc1cc(-n2nc(C(F)F)n(C)c2=O)c(F)cc1C#N. The third-order valence-electron chi connectivity index (χ3n) is 3.06. The van der Waals surface area contributed by atoms with E-state index in [0.717, 1.165) is 13.1 Å². The number of nitriles is 1. The maximum Gasteiger partial charge on any atom is 0.513 e. The zero-order chi connectivity index (χ0) is 18.7. The Hall–Kier alpha value is -3.29. The van der Waals surface area contributed by atoms with Gasteiger partial charge in [0.1, 0.15) is 11.8 Å². The van der Waals surface area contributed by atoms with E-state index < -0.39 is 41.3 Å². The average Bonchev–Trinajstić information content (AvgIpc) is 2.85. The second-order valence-electron chi connectivity index (χ2n) is 4.61. The first-order chi connectivity index (χ1) is 11.8. The number of carbonyl (C=O) groups is 1. The lowest BCUT2D eigenvalue weighted by Crippen LogP contribution is -2.23. The summed E-state index contributed by atoms with van der Waals surface area (Å²) in [5.41, 5.74) is -1.96. The summed E-state index contributed by atoms with van der Waals surface area (Å²) in [6.45, 7) is 1.51. The Kier molecular flexibility index (Phi) is 5.11. The largest absolute Gasteiger partial charge is 0.513 e. The number of ether oxygens (including phenoxy) is 2. The van der Waals surface area contributed by atoms with Crippen LogP contribution in [0.1, 0.15) is 24.7 Å². The van der Waals surface area contributed by atoms with Crippen LogP contribution in [0, 0.1) is 17.1 Å². The van der Waals surface area contributed by atoms with Gasteiger partial charge < -0.3 is 9.47 Å². The first-order valence-electron chi connectivity index (χ1n) is 6.82. The molecular weight excluding hydrogens is 345 g/mol. The molecule has 8 nitrogen and oxygen atoms in total. The molecule has 0 bridgehead atoms. The van der Waals surface area contributed by atoms with Gasteiger partial charge in [-0.2, -0.15) is 9.94 Å². The fraction of sp³-hybridized carbons (Fsp3) is 0.286. The van der Waals surface area contributed by atoms with E-state index in [4.69, 9.17) is 10.00 Å². The van der Waals surface area contributed by atoms with Crippen LogP contribution in [0.3, 0.4) is 0 Å². The van der Waals surface area contributed by atoms with E-state index >= 15 is 0 Å². The lowest BCUT2D eigenvalue weighted by Gasteiger charge is -2.09. The molecule has 0 N–H and O–H groups in total. The lowest BCUT2D eigenvalue weighted by atomic mass is 10.2. The van der Waals surface area contributed by atoms with E-state index in [0.29, 0.717) is 15.3 Å². The summed E-state index contributed by atoms with van der Waals surface area (Å²) in [6.07, 6.45) is -4.21. The Labute approximate surface area is 138 Å². The molecule has 0 aliphatic carbocycles. The lowest BCUT2D eigenvalue weighted by molar-refractivity contribution is 0.104. The average molecular weight is 356 g/mol. The van der Waals surface area contributed by atoms with Gasteiger partial charge in [-0.1, -0.05) is 0 Å². The molecule has 1 aromatic heterocycles. The van der Waals surface area contributed by atoms with Gasteiger partial charge in [-0.25, -0.2) is 22.8 Å². The van der Waals surface area contributed by atoms with Crippen LogP contribution in [0.25, 0.3) is 5.69 Å². The zero-order valence-electron chi connectivity index (χ0n) is 13.0. The molecule has 0 saturated heterocycles. The van der Waals surface area contributed by atoms with Crippen molar-refractivity contribution < 1.29 is 27.4 Å². The smallest absolute Gasteiger partial charge is 0.434 e. The molecule has 0 aliphatic rings. The Morgan fingerprint density at radius 3 is 2.64 bits per heavy atom. The van der Waals surface area contributed by atoms with Gasteiger partial charge in [0.05, 0.1) is 12.2 Å². The monoisotopic (exact) mass is 356 g/mol. The molecule has 132 valence electrons. The van der Waals surface area contributed by atoms with Crippen LogP contribution >= 0.6 is 0 Å². The van der Waals surface area contributed by atoms with Crippen molar-refractivity contribution in [1.82, 2.24) is 14.3 Å². The van der Waals surface area contributed by atoms with Crippen molar-refractivity contribution in [3.8, 4) is 17.5 Å². The summed E-state index contributed by atoms with van der Waals surface area (Å²) < 4.78 is 50.1. The zero-order valence-corrected chi connectivity index (χ0v) is 13.0. The highest BCUT2D eigenvalue weighted by Gasteiger charge is 2.23. The third-order valence-corrected chi connectivity index (χ3v) is 3.06. The van der Waals surface area contributed by atoms with E-state index in [9.17, 15) is 22.8 Å². The first kappa shape index (κ1) is 18.1. The second kappa shape index (κ2) is 7.08. The fourth-order valence-corrected chi connectivity index (χ4v) is 1.91. The quantitative estimate of drug-likeness (QED) is 0.614. The van der Waals surface area contributed by atoms with Gasteiger partial charge in [-0.15, -0.1) is 5.10 Å². The van der Waals surface area contributed by atoms with Crippen LogP contribution in [0.5, 0.6) is 5.75 Å². The van der Waals surface area contributed by atoms with Crippen LogP contribution in [0.4, 0.5) is 18.0 Å². The minimum atomic E-state index is -3.06. The summed E-state index contributed by atoms with van der Waals surface area (Å²) in [4.78, 5) is 23.4. The summed E-state index contributed by atoms with van der Waals surface area (Å²) in [5.74, 6) is -2.37. The maximum atomic E-state index is 14.2. The van der Waals surface area contributed by atoms with Gasteiger partial charge in [0.15, 0.2) is 11.6 Å². The Morgan fingerprint density at radius 2 is 2.12 bits per heavy atom. The molecule has 0 aliphatic heterocycles. The van der Waals surface area contributed by atoms with Crippen LogP contribution in [-0.4, -0.2) is 27.1 Å². The molecule has 0 spiro atoms. The van der Waals surface area contributed by atoms with Crippen molar-refractivity contribution in [1.29, 1.82) is 5.26 Å². The van der Waals surface area contributed by atoms with E-state index in [2.05, 4.69) is 9.84 Å². The number of alkyl halides is 2. The van der Waals surface area contributed by atoms with Crippen molar-refractivity contribution in [2.45, 2.75) is 13.3 Å². The molecule has 0 fully saturated rings. The number of carbonyl (C=O) groups excluding carboxylic acids is 1. The molecule has 0 saturated carbocycles. The molecule has 2 aromatic rings. The molecule has 0 amide bonds. The van der Waals surface area contributed by atoms with Crippen LogP contribution in [0.15, 0.2) is 16.9 Å². The number of nitrogens with zero attached hydrogens (tertiary/aromatic N) is 4. The number of hydrogen-bond acceptors (Lipinski definition) is 6. The number of rotatable bonds is 4. The van der Waals surface area contributed by atoms with Crippen molar-refractivity contribution in [2.24, 2.45) is 7.05 Å². The summed E-state index contributed by atoms with van der Waals surface area (Å²) in [5, 5.41) is 12.4. The molecule has 0 atom stereocenters. The van der Waals surface area contributed by atoms with E-state index in [1.165, 1.54) is 6.92 Å². The third kappa shape index (κ3) is 3.47. The molecule has 2 rings (SSSR count). The van der Waals surface area contributed by atoms with Crippen molar-refractivity contribution >= 4 is 6.16 Å². The Bertz CT molecular complexity index is 914. The summed E-state index contributed by atoms with van der Waals surface area (Å²) in [7, 11) is 1.05. The highest BCUT2D eigenvalue weighted by atomic mass is 19.3. The Morgan fingerprint density at radius 1 is 1.44 bits per heavy atom. The number of benzene rings is 1. The van der Waals surface area contributed by atoms with E-state index in [1.54, 1.807) is 6.07 Å². The molecular formula is C14H11F3N4O4. The number of aromatic nitrogens is 3. The van der Waals surface area contributed by atoms with Gasteiger partial charge in [0.2, 0.25) is 5.82 Å². The molecule has 1 heterocycles. The highest BCUT2D eigenvalue weighted by molar-refractivity contribution is 5.66. The summed E-state index contributed by atoms with van der Waals surface area (Å²) >= 11 is 0. The minimum absolute atomic E-state index is 0.00772. The van der Waals surface area contributed by atoms with Gasteiger partial charge >= 0.3 is 11.8 Å². The predicted octanol–water partition coefficient (Wildman–Crippen LogP) is 2.05. The van der Waals surface area contributed by atoms with Gasteiger partial charge in [-0.3, -0.25) is 4.57 Å². The molecule has 25 heavy (non-hydrogen) atoms. The van der Waals surface area contributed by atoms with Gasteiger partial charge in [0.25, 0.3) is 6.43 Å². The summed E-state index contributed by atoms with van der Waals surface area (Å²) in [6, 6.07) is 3.12. The maximum absolute atomic E-state index is 14.2. The fourth-order valence-electron chi connectivity index (χ4n) is 1.91. The van der Waals surface area contributed by atoms with E-state index in [1.807, 2.05) is 0 Å². The Balaban J connectivity index is 2.60. The molecule has 1 aromatic carbocycles. The normalized spacial score (nSPS) is 10.6. The van der Waals surface area contributed by atoms with Crippen molar-refractivity contribution in [3.05, 3.63) is 39.8 Å². The van der Waals surface area contributed by atoms with Crippen molar-refractivity contribution in [2.75, 3.05) is 6.61 Å². The van der Waals surface area contributed by atoms with Crippen LogP contribution < -0.4 is 10.4 Å². The highest BCUT2D eigenvalue weighted by Crippen LogP contribution is 2.25. The second-order valence-corrected chi connectivity index (χ2v) is 4.61. The predicted molar refractivity (Wildman–Crippen MR) is 76.1 cm³/mol. The van der Waals surface area contributed by atoms with E-state index in [-0.39, 0.29) is 12.2 Å². The number of halogens is 3. The van der Waals surface area contributed by atoms with Crippen LogP contribution in [-0.2, 0) is 11.8 Å². The van der Waals surface area contributed by atoms with Crippen molar-refractivity contribution in [3.63, 3.8) is 0 Å². The van der Waals surface area contributed by atoms with Gasteiger partial charge in [0, 0.05) is 13.1 Å². The van der Waals surface area contributed by atoms with Gasteiger partial charge in [-0.05, 0) is 13.0 Å². The molecule has 0 radical (unpaired) electrons. The number of hydrogen-bond donors (Lipinski definition) is 0. The van der Waals surface area contributed by atoms with Crippen LogP contribution in [0.2, 0.25) is 0 Å². The molecule has 0 unspecified atom stereocenters. The molecule has 11 heteroatoms. The topological polar surface area (TPSA) is 99.1 Å². The first-order valence-corrected chi connectivity index (χ1v) is 6.82.